The van der Waals surface area contributed by atoms with Gasteiger partial charge in [0.1, 0.15) is 0 Å². The van der Waals surface area contributed by atoms with Crippen LogP contribution in [-0.4, -0.2) is 14.5 Å². The van der Waals surface area contributed by atoms with Gasteiger partial charge in [-0.05, 0) is 36.4 Å². The second-order valence-corrected chi connectivity index (χ2v) is 12.0. The van der Waals surface area contributed by atoms with E-state index in [2.05, 4.69) is 138 Å². The van der Waals surface area contributed by atoms with Crippen molar-refractivity contribution in [3.05, 3.63) is 152 Å². The zero-order valence-electron chi connectivity index (χ0n) is 23.7. The molecule has 0 saturated heterocycles. The molecular weight excluding hydrogens is 555 g/mol. The SMILES string of the molecule is c1ccc(-c2nc(-c3cccc4c3sc3ccccc34)cc(-c3cccc4c3c3ccccc3n4-c3ccccc3)n2)cc1. The topological polar surface area (TPSA) is 30.7 Å². The van der Waals surface area contributed by atoms with Crippen LogP contribution in [0.1, 0.15) is 0 Å². The average molecular weight is 580 g/mol. The van der Waals surface area contributed by atoms with Crippen molar-refractivity contribution in [2.24, 2.45) is 0 Å². The molecule has 0 spiro atoms. The molecule has 4 heteroatoms. The maximum atomic E-state index is 5.24. The summed E-state index contributed by atoms with van der Waals surface area (Å²) in [6.45, 7) is 0. The van der Waals surface area contributed by atoms with Crippen molar-refractivity contribution in [1.82, 2.24) is 14.5 Å². The minimum Gasteiger partial charge on any atom is -0.309 e. The van der Waals surface area contributed by atoms with Crippen molar-refractivity contribution in [3.8, 4) is 39.6 Å². The van der Waals surface area contributed by atoms with Gasteiger partial charge in [-0.3, -0.25) is 0 Å². The third-order valence-corrected chi connectivity index (χ3v) is 9.65. The van der Waals surface area contributed by atoms with Gasteiger partial charge >= 0.3 is 0 Å². The van der Waals surface area contributed by atoms with E-state index in [9.17, 15) is 0 Å². The molecule has 206 valence electrons. The Bertz CT molecular complexity index is 2490. The van der Waals surface area contributed by atoms with Crippen molar-refractivity contribution in [2.75, 3.05) is 0 Å². The van der Waals surface area contributed by atoms with Crippen molar-refractivity contribution in [2.45, 2.75) is 0 Å². The fourth-order valence-electron chi connectivity index (χ4n) is 6.48. The van der Waals surface area contributed by atoms with Crippen LogP contribution in [0.5, 0.6) is 0 Å². The summed E-state index contributed by atoms with van der Waals surface area (Å²) in [4.78, 5) is 10.4. The van der Waals surface area contributed by atoms with Crippen LogP contribution in [0.4, 0.5) is 0 Å². The maximum absolute atomic E-state index is 5.24. The number of hydrogen-bond donors (Lipinski definition) is 0. The Kier molecular flexibility index (Phi) is 5.68. The van der Waals surface area contributed by atoms with Gasteiger partial charge in [0.05, 0.1) is 22.4 Å². The van der Waals surface area contributed by atoms with Crippen molar-refractivity contribution in [1.29, 1.82) is 0 Å². The lowest BCUT2D eigenvalue weighted by Crippen LogP contribution is -1.97. The molecular formula is C40H25N3S. The minimum absolute atomic E-state index is 0.722. The highest BCUT2D eigenvalue weighted by atomic mass is 32.1. The van der Waals surface area contributed by atoms with E-state index in [0.717, 1.165) is 45.1 Å². The molecule has 0 radical (unpaired) electrons. The first-order chi connectivity index (χ1) is 21.8. The van der Waals surface area contributed by atoms with Crippen LogP contribution < -0.4 is 0 Å². The van der Waals surface area contributed by atoms with Crippen LogP contribution in [0.15, 0.2) is 152 Å². The van der Waals surface area contributed by atoms with Crippen LogP contribution in [0.2, 0.25) is 0 Å². The van der Waals surface area contributed by atoms with Gasteiger partial charge in [0.2, 0.25) is 0 Å². The van der Waals surface area contributed by atoms with Crippen LogP contribution >= 0.6 is 11.3 Å². The van der Waals surface area contributed by atoms with Crippen molar-refractivity contribution >= 4 is 53.3 Å². The molecule has 0 aliphatic heterocycles. The molecule has 3 nitrogen and oxygen atoms in total. The van der Waals surface area contributed by atoms with E-state index >= 15 is 0 Å². The molecule has 9 rings (SSSR count). The molecule has 0 saturated carbocycles. The number of hydrogen-bond acceptors (Lipinski definition) is 3. The monoisotopic (exact) mass is 579 g/mol. The van der Waals surface area contributed by atoms with Crippen LogP contribution in [0.25, 0.3) is 81.6 Å². The smallest absolute Gasteiger partial charge is 0.160 e. The van der Waals surface area contributed by atoms with Gasteiger partial charge in [0, 0.05) is 53.3 Å². The molecule has 0 amide bonds. The molecule has 0 aliphatic rings. The van der Waals surface area contributed by atoms with Gasteiger partial charge in [-0.2, -0.15) is 0 Å². The number of para-hydroxylation sites is 2. The van der Waals surface area contributed by atoms with Gasteiger partial charge in [-0.15, -0.1) is 11.3 Å². The van der Waals surface area contributed by atoms with Gasteiger partial charge in [0.15, 0.2) is 5.82 Å². The van der Waals surface area contributed by atoms with Gasteiger partial charge < -0.3 is 4.57 Å². The molecule has 3 aromatic heterocycles. The summed E-state index contributed by atoms with van der Waals surface area (Å²) in [6, 6.07) is 53.5. The van der Waals surface area contributed by atoms with Gasteiger partial charge in [-0.25, -0.2) is 9.97 Å². The van der Waals surface area contributed by atoms with E-state index in [-0.39, 0.29) is 0 Å². The molecule has 0 atom stereocenters. The van der Waals surface area contributed by atoms with E-state index in [1.54, 1.807) is 0 Å². The highest BCUT2D eigenvalue weighted by Crippen LogP contribution is 2.42. The average Bonchev–Trinajstić information content (AvgIpc) is 3.65. The quantitative estimate of drug-likeness (QED) is 0.208. The number of aromatic nitrogens is 3. The lowest BCUT2D eigenvalue weighted by Gasteiger charge is -2.12. The Balaban J connectivity index is 1.35. The predicted molar refractivity (Wildman–Crippen MR) is 186 cm³/mol. The third-order valence-electron chi connectivity index (χ3n) is 8.43. The Hall–Kier alpha value is -5.58. The highest BCUT2D eigenvalue weighted by Gasteiger charge is 2.19. The lowest BCUT2D eigenvalue weighted by atomic mass is 10.0. The Morgan fingerprint density at radius 1 is 0.477 bits per heavy atom. The van der Waals surface area contributed by atoms with Crippen LogP contribution in [0.3, 0.4) is 0 Å². The summed E-state index contributed by atoms with van der Waals surface area (Å²) in [6.07, 6.45) is 0. The molecule has 9 aromatic rings. The molecule has 0 aliphatic carbocycles. The van der Waals surface area contributed by atoms with E-state index in [1.807, 2.05) is 29.5 Å². The first-order valence-corrected chi connectivity index (χ1v) is 15.6. The van der Waals surface area contributed by atoms with E-state index in [1.165, 1.54) is 36.5 Å². The first kappa shape index (κ1) is 25.0. The number of rotatable bonds is 4. The second kappa shape index (κ2) is 10.0. The Labute approximate surface area is 258 Å². The molecule has 3 heterocycles. The molecule has 44 heavy (non-hydrogen) atoms. The van der Waals surface area contributed by atoms with Gasteiger partial charge in [-0.1, -0.05) is 115 Å². The second-order valence-electron chi connectivity index (χ2n) is 11.0. The molecule has 6 aromatic carbocycles. The third kappa shape index (κ3) is 3.89. The summed E-state index contributed by atoms with van der Waals surface area (Å²) in [5.74, 6) is 0.722. The normalized spacial score (nSPS) is 11.6. The number of thiophene rings is 1. The zero-order chi connectivity index (χ0) is 29.0. The summed E-state index contributed by atoms with van der Waals surface area (Å²) in [5, 5.41) is 4.94. The lowest BCUT2D eigenvalue weighted by molar-refractivity contribution is 1.18. The van der Waals surface area contributed by atoms with Crippen LogP contribution in [-0.2, 0) is 0 Å². The number of benzene rings is 6. The molecule has 0 bridgehead atoms. The fourth-order valence-corrected chi connectivity index (χ4v) is 7.70. The molecule has 0 fully saturated rings. The zero-order valence-corrected chi connectivity index (χ0v) is 24.5. The largest absolute Gasteiger partial charge is 0.309 e. The van der Waals surface area contributed by atoms with Crippen LogP contribution in [0, 0.1) is 0 Å². The summed E-state index contributed by atoms with van der Waals surface area (Å²) < 4.78 is 4.88. The summed E-state index contributed by atoms with van der Waals surface area (Å²) in [7, 11) is 0. The molecule has 0 unspecified atom stereocenters. The van der Waals surface area contributed by atoms with E-state index in [0.29, 0.717) is 0 Å². The number of nitrogens with zero attached hydrogens (tertiary/aromatic N) is 3. The highest BCUT2D eigenvalue weighted by molar-refractivity contribution is 7.26. The van der Waals surface area contributed by atoms with Crippen molar-refractivity contribution in [3.63, 3.8) is 0 Å². The van der Waals surface area contributed by atoms with Gasteiger partial charge in [0.25, 0.3) is 0 Å². The predicted octanol–water partition coefficient (Wildman–Crippen LogP) is 10.9. The first-order valence-electron chi connectivity index (χ1n) is 14.8. The Morgan fingerprint density at radius 2 is 1.09 bits per heavy atom. The maximum Gasteiger partial charge on any atom is 0.160 e. The summed E-state index contributed by atoms with van der Waals surface area (Å²) in [5.41, 5.74) is 8.53. The van der Waals surface area contributed by atoms with E-state index < -0.39 is 0 Å². The summed E-state index contributed by atoms with van der Waals surface area (Å²) >= 11 is 1.83. The standard InChI is InChI=1S/C40H25N3S/c1-3-13-26(14-4-1)40-41-33(25-34(42-40)31-21-11-19-29-28-17-8-10-24-37(28)44-39(29)31)30-20-12-23-36-38(30)32-18-7-9-22-35(32)43(36)27-15-5-2-6-16-27/h1-25H. The fraction of sp³-hybridized carbons (Fsp3) is 0. The molecule has 0 N–H and O–H groups in total. The minimum atomic E-state index is 0.722. The van der Waals surface area contributed by atoms with Crippen molar-refractivity contribution < 1.29 is 0 Å². The number of fused-ring (bicyclic) bond motifs is 6. The van der Waals surface area contributed by atoms with E-state index in [4.69, 9.17) is 9.97 Å². The Morgan fingerprint density at radius 3 is 1.93 bits per heavy atom.